The second-order valence-electron chi connectivity index (χ2n) is 7.54. The van der Waals surface area contributed by atoms with Crippen molar-refractivity contribution in [3.63, 3.8) is 0 Å². The SMILES string of the molecule is CCN(CC)S(=O)(=O)c1cccc(C(=O)N[C@@H]2CCCO[C@H]2c2ccc(C)cc2)c1. The van der Waals surface area contributed by atoms with Gasteiger partial charge in [-0.1, -0.05) is 49.7 Å². The maximum absolute atomic E-state index is 13.0. The van der Waals surface area contributed by atoms with Crippen molar-refractivity contribution in [2.24, 2.45) is 0 Å². The molecule has 0 saturated carbocycles. The molecule has 1 N–H and O–H groups in total. The summed E-state index contributed by atoms with van der Waals surface area (Å²) in [6, 6.07) is 14.2. The molecule has 0 aliphatic carbocycles. The average molecular weight is 431 g/mol. The molecule has 6 nitrogen and oxygen atoms in total. The number of aryl methyl sites for hydroxylation is 1. The van der Waals surface area contributed by atoms with Gasteiger partial charge in [0.15, 0.2) is 0 Å². The lowest BCUT2D eigenvalue weighted by Gasteiger charge is -2.32. The van der Waals surface area contributed by atoms with Gasteiger partial charge >= 0.3 is 0 Å². The number of carbonyl (C=O) groups excluding carboxylic acids is 1. The molecule has 0 bridgehead atoms. The van der Waals surface area contributed by atoms with Crippen molar-refractivity contribution in [1.29, 1.82) is 0 Å². The first-order valence-electron chi connectivity index (χ1n) is 10.5. The van der Waals surface area contributed by atoms with Gasteiger partial charge in [0.1, 0.15) is 6.10 Å². The highest BCUT2D eigenvalue weighted by atomic mass is 32.2. The molecule has 3 rings (SSSR count). The summed E-state index contributed by atoms with van der Waals surface area (Å²) in [4.78, 5) is 13.1. The van der Waals surface area contributed by atoms with Crippen LogP contribution in [-0.4, -0.2) is 44.4 Å². The first-order chi connectivity index (χ1) is 14.4. The van der Waals surface area contributed by atoms with Crippen LogP contribution < -0.4 is 5.32 Å². The van der Waals surface area contributed by atoms with Crippen LogP contribution in [0.25, 0.3) is 0 Å². The summed E-state index contributed by atoms with van der Waals surface area (Å²) in [6.45, 7) is 7.05. The van der Waals surface area contributed by atoms with Crippen LogP contribution in [0.2, 0.25) is 0 Å². The van der Waals surface area contributed by atoms with Crippen molar-refractivity contribution in [2.75, 3.05) is 19.7 Å². The predicted molar refractivity (Wildman–Crippen MR) is 117 cm³/mol. The van der Waals surface area contributed by atoms with E-state index in [1.165, 1.54) is 22.0 Å². The van der Waals surface area contributed by atoms with Gasteiger partial charge in [0.05, 0.1) is 10.9 Å². The molecule has 0 unspecified atom stereocenters. The molecule has 1 saturated heterocycles. The Kier molecular flexibility index (Phi) is 7.28. The van der Waals surface area contributed by atoms with Gasteiger partial charge in [-0.3, -0.25) is 4.79 Å². The Bertz CT molecular complexity index is 969. The zero-order valence-electron chi connectivity index (χ0n) is 17.8. The molecule has 1 aliphatic heterocycles. The summed E-state index contributed by atoms with van der Waals surface area (Å²) in [5, 5.41) is 3.06. The van der Waals surface area contributed by atoms with Crippen molar-refractivity contribution in [2.45, 2.75) is 50.7 Å². The number of ether oxygens (including phenoxy) is 1. The van der Waals surface area contributed by atoms with Gasteiger partial charge in [0.2, 0.25) is 10.0 Å². The Hall–Kier alpha value is -2.22. The molecule has 162 valence electrons. The lowest BCUT2D eigenvalue weighted by Crippen LogP contribution is -2.42. The van der Waals surface area contributed by atoms with E-state index in [-0.39, 0.29) is 22.9 Å². The highest BCUT2D eigenvalue weighted by molar-refractivity contribution is 7.89. The fraction of sp³-hybridized carbons (Fsp3) is 0.435. The topological polar surface area (TPSA) is 75.7 Å². The van der Waals surface area contributed by atoms with Gasteiger partial charge in [0.25, 0.3) is 5.91 Å². The number of hydrogen-bond acceptors (Lipinski definition) is 4. The molecule has 2 aromatic rings. The summed E-state index contributed by atoms with van der Waals surface area (Å²) >= 11 is 0. The Morgan fingerprint density at radius 1 is 1.13 bits per heavy atom. The highest BCUT2D eigenvalue weighted by Gasteiger charge is 2.29. The van der Waals surface area contributed by atoms with Crippen LogP contribution in [0, 0.1) is 6.92 Å². The molecule has 7 heteroatoms. The maximum Gasteiger partial charge on any atom is 0.251 e. The summed E-state index contributed by atoms with van der Waals surface area (Å²) in [5.41, 5.74) is 2.53. The Morgan fingerprint density at radius 2 is 1.83 bits per heavy atom. The van der Waals surface area contributed by atoms with E-state index in [2.05, 4.69) is 5.32 Å². The number of carbonyl (C=O) groups is 1. The maximum atomic E-state index is 13.0. The Balaban J connectivity index is 1.80. The van der Waals surface area contributed by atoms with Crippen LogP contribution in [0.3, 0.4) is 0 Å². The molecule has 0 radical (unpaired) electrons. The largest absolute Gasteiger partial charge is 0.371 e. The van der Waals surface area contributed by atoms with E-state index in [9.17, 15) is 13.2 Å². The van der Waals surface area contributed by atoms with E-state index < -0.39 is 10.0 Å². The number of benzene rings is 2. The van der Waals surface area contributed by atoms with Crippen molar-refractivity contribution in [3.05, 3.63) is 65.2 Å². The zero-order chi connectivity index (χ0) is 21.7. The molecule has 30 heavy (non-hydrogen) atoms. The first-order valence-corrected chi connectivity index (χ1v) is 11.9. The highest BCUT2D eigenvalue weighted by Crippen LogP contribution is 2.29. The number of nitrogens with one attached hydrogen (secondary N) is 1. The third-order valence-corrected chi connectivity index (χ3v) is 7.53. The normalized spacial score (nSPS) is 19.6. The quantitative estimate of drug-likeness (QED) is 0.727. The summed E-state index contributed by atoms with van der Waals surface area (Å²) in [6.07, 6.45) is 1.46. The predicted octanol–water partition coefficient (Wildman–Crippen LogP) is 3.68. The molecule has 1 aliphatic rings. The molecule has 0 spiro atoms. The minimum atomic E-state index is -3.62. The molecular weight excluding hydrogens is 400 g/mol. The van der Waals surface area contributed by atoms with E-state index in [0.717, 1.165) is 18.4 Å². The standard InChI is InChI=1S/C23H30N2O4S/c1-4-25(5-2)30(27,28)20-9-6-8-19(16-20)23(26)24-21-10-7-15-29-22(21)18-13-11-17(3)12-14-18/h6,8-9,11-14,16,21-22H,4-5,7,10,15H2,1-3H3,(H,24,26)/t21-,22+/m1/s1. The van der Waals surface area contributed by atoms with E-state index in [4.69, 9.17) is 4.74 Å². The number of amides is 1. The lowest BCUT2D eigenvalue weighted by atomic mass is 9.95. The minimum Gasteiger partial charge on any atom is -0.371 e. The fourth-order valence-electron chi connectivity index (χ4n) is 3.78. The molecule has 0 aromatic heterocycles. The lowest BCUT2D eigenvalue weighted by molar-refractivity contribution is -0.00946. The third-order valence-electron chi connectivity index (χ3n) is 5.48. The Morgan fingerprint density at radius 3 is 2.50 bits per heavy atom. The van der Waals surface area contributed by atoms with Crippen LogP contribution in [0.4, 0.5) is 0 Å². The van der Waals surface area contributed by atoms with Crippen LogP contribution in [0.1, 0.15) is 54.3 Å². The van der Waals surface area contributed by atoms with Gasteiger partial charge in [-0.15, -0.1) is 0 Å². The summed E-state index contributed by atoms with van der Waals surface area (Å²) in [5.74, 6) is -0.292. The van der Waals surface area contributed by atoms with Crippen molar-refractivity contribution in [1.82, 2.24) is 9.62 Å². The number of rotatable bonds is 7. The second kappa shape index (κ2) is 9.73. The van der Waals surface area contributed by atoms with Crippen molar-refractivity contribution in [3.8, 4) is 0 Å². The molecule has 2 atom stereocenters. The van der Waals surface area contributed by atoms with Crippen molar-refractivity contribution >= 4 is 15.9 Å². The van der Waals surface area contributed by atoms with Gasteiger partial charge in [-0.25, -0.2) is 8.42 Å². The van der Waals surface area contributed by atoms with E-state index in [1.807, 2.05) is 31.2 Å². The number of nitrogens with zero attached hydrogens (tertiary/aromatic N) is 1. The molecule has 1 fully saturated rings. The second-order valence-corrected chi connectivity index (χ2v) is 9.48. The van der Waals surface area contributed by atoms with Crippen LogP contribution in [0.15, 0.2) is 53.4 Å². The monoisotopic (exact) mass is 430 g/mol. The Labute approximate surface area is 179 Å². The van der Waals surface area contributed by atoms with E-state index in [0.29, 0.717) is 25.3 Å². The average Bonchev–Trinajstić information content (AvgIpc) is 2.75. The van der Waals surface area contributed by atoms with Crippen LogP contribution in [-0.2, 0) is 14.8 Å². The number of hydrogen-bond donors (Lipinski definition) is 1. The zero-order valence-corrected chi connectivity index (χ0v) is 18.6. The van der Waals surface area contributed by atoms with Gasteiger partial charge in [-0.2, -0.15) is 4.31 Å². The summed E-state index contributed by atoms with van der Waals surface area (Å²) in [7, 11) is -3.62. The van der Waals surface area contributed by atoms with Gasteiger partial charge in [0, 0.05) is 25.3 Å². The first kappa shape index (κ1) is 22.5. The van der Waals surface area contributed by atoms with E-state index in [1.54, 1.807) is 26.0 Å². The van der Waals surface area contributed by atoms with Gasteiger partial charge < -0.3 is 10.1 Å². The summed E-state index contributed by atoms with van der Waals surface area (Å²) < 4.78 is 33.0. The van der Waals surface area contributed by atoms with Crippen molar-refractivity contribution < 1.29 is 17.9 Å². The fourth-order valence-corrected chi connectivity index (χ4v) is 5.28. The van der Waals surface area contributed by atoms with Crippen LogP contribution >= 0.6 is 0 Å². The van der Waals surface area contributed by atoms with Gasteiger partial charge in [-0.05, 0) is 43.5 Å². The number of sulfonamides is 1. The molecule has 1 amide bonds. The molecule has 2 aromatic carbocycles. The van der Waals surface area contributed by atoms with E-state index >= 15 is 0 Å². The third kappa shape index (κ3) is 4.91. The molecular formula is C23H30N2O4S. The minimum absolute atomic E-state index is 0.133. The smallest absolute Gasteiger partial charge is 0.251 e. The van der Waals surface area contributed by atoms with Crippen LogP contribution in [0.5, 0.6) is 0 Å². The molecule has 1 heterocycles.